The summed E-state index contributed by atoms with van der Waals surface area (Å²) >= 11 is 0. The first-order valence-electron chi connectivity index (χ1n) is 8.80. The fraction of sp³-hybridized carbons (Fsp3) is 0.263. The zero-order valence-electron chi connectivity index (χ0n) is 16.0. The van der Waals surface area contributed by atoms with Crippen molar-refractivity contribution in [2.45, 2.75) is 17.7 Å². The van der Waals surface area contributed by atoms with Gasteiger partial charge in [-0.05, 0) is 42.8 Å². The van der Waals surface area contributed by atoms with E-state index in [1.165, 1.54) is 38.4 Å². The SMILES string of the molecule is CN(C)S(=O)(=O)c1ccc(C(=O)OCCCc2nc(-c3cccnc3)no2)cc1. The van der Waals surface area contributed by atoms with E-state index in [1.54, 1.807) is 18.5 Å². The molecule has 29 heavy (non-hydrogen) atoms. The number of carbonyl (C=O) groups excluding carboxylic acids is 1. The Morgan fingerprint density at radius 3 is 2.59 bits per heavy atom. The predicted octanol–water partition coefficient (Wildman–Crippen LogP) is 2.17. The number of aryl methyl sites for hydroxylation is 1. The minimum atomic E-state index is -3.54. The van der Waals surface area contributed by atoms with Crippen molar-refractivity contribution < 1.29 is 22.5 Å². The molecule has 0 fully saturated rings. The lowest BCUT2D eigenvalue weighted by atomic mass is 10.2. The van der Waals surface area contributed by atoms with E-state index in [-0.39, 0.29) is 17.1 Å². The van der Waals surface area contributed by atoms with Crippen molar-refractivity contribution in [2.24, 2.45) is 0 Å². The third kappa shape index (κ3) is 5.04. The van der Waals surface area contributed by atoms with Gasteiger partial charge in [0.1, 0.15) is 0 Å². The zero-order valence-corrected chi connectivity index (χ0v) is 16.8. The average Bonchev–Trinajstić information content (AvgIpc) is 3.20. The summed E-state index contributed by atoms with van der Waals surface area (Å²) in [5, 5.41) is 3.90. The molecule has 0 amide bonds. The number of carbonyl (C=O) groups is 1. The molecule has 2 aromatic heterocycles. The molecule has 0 bridgehead atoms. The van der Waals surface area contributed by atoms with Crippen molar-refractivity contribution in [2.75, 3.05) is 20.7 Å². The Labute approximate surface area is 168 Å². The molecule has 1 aromatic carbocycles. The molecule has 3 aromatic rings. The van der Waals surface area contributed by atoms with Crippen LogP contribution in [0.15, 0.2) is 58.2 Å². The number of rotatable bonds is 8. The van der Waals surface area contributed by atoms with Gasteiger partial charge in [-0.3, -0.25) is 4.98 Å². The van der Waals surface area contributed by atoms with E-state index in [0.29, 0.717) is 24.6 Å². The van der Waals surface area contributed by atoms with Gasteiger partial charge in [0.05, 0.1) is 17.1 Å². The van der Waals surface area contributed by atoms with Crippen molar-refractivity contribution in [3.05, 3.63) is 60.2 Å². The number of ether oxygens (including phenoxy) is 1. The van der Waals surface area contributed by atoms with Crippen molar-refractivity contribution >= 4 is 16.0 Å². The first-order chi connectivity index (χ1) is 13.9. The molecule has 0 saturated heterocycles. The first kappa shape index (κ1) is 20.6. The van der Waals surface area contributed by atoms with Crippen LogP contribution in [0.5, 0.6) is 0 Å². The summed E-state index contributed by atoms with van der Waals surface area (Å²) in [6, 6.07) is 9.23. The van der Waals surface area contributed by atoms with E-state index in [2.05, 4.69) is 15.1 Å². The molecule has 2 heterocycles. The highest BCUT2D eigenvalue weighted by Gasteiger charge is 2.18. The van der Waals surface area contributed by atoms with Crippen LogP contribution in [-0.2, 0) is 21.2 Å². The first-order valence-corrected chi connectivity index (χ1v) is 10.2. The van der Waals surface area contributed by atoms with Crippen LogP contribution in [0.4, 0.5) is 0 Å². The second-order valence-corrected chi connectivity index (χ2v) is 8.46. The number of hydrogen-bond acceptors (Lipinski definition) is 8. The normalized spacial score (nSPS) is 11.6. The number of sulfonamides is 1. The van der Waals surface area contributed by atoms with Gasteiger partial charge in [0.25, 0.3) is 0 Å². The number of nitrogens with zero attached hydrogens (tertiary/aromatic N) is 4. The Morgan fingerprint density at radius 1 is 1.17 bits per heavy atom. The van der Waals surface area contributed by atoms with Gasteiger partial charge in [-0.15, -0.1) is 0 Å². The molecular weight excluding hydrogens is 396 g/mol. The molecule has 10 heteroatoms. The number of esters is 1. The number of aromatic nitrogens is 3. The third-order valence-electron chi connectivity index (χ3n) is 4.02. The lowest BCUT2D eigenvalue weighted by molar-refractivity contribution is 0.0498. The Balaban J connectivity index is 1.49. The van der Waals surface area contributed by atoms with E-state index in [0.717, 1.165) is 9.87 Å². The average molecular weight is 416 g/mol. The van der Waals surface area contributed by atoms with Gasteiger partial charge >= 0.3 is 5.97 Å². The summed E-state index contributed by atoms with van der Waals surface area (Å²) in [4.78, 5) is 20.5. The summed E-state index contributed by atoms with van der Waals surface area (Å²) in [6.07, 6.45) is 4.27. The van der Waals surface area contributed by atoms with Crippen molar-refractivity contribution in [1.82, 2.24) is 19.4 Å². The minimum absolute atomic E-state index is 0.111. The molecule has 0 N–H and O–H groups in total. The van der Waals surface area contributed by atoms with Crippen LogP contribution in [-0.4, -0.2) is 54.5 Å². The van der Waals surface area contributed by atoms with E-state index < -0.39 is 16.0 Å². The highest BCUT2D eigenvalue weighted by molar-refractivity contribution is 7.89. The van der Waals surface area contributed by atoms with Crippen molar-refractivity contribution in [1.29, 1.82) is 0 Å². The Kier molecular flexibility index (Phi) is 6.35. The van der Waals surface area contributed by atoms with Crippen LogP contribution in [0.3, 0.4) is 0 Å². The molecule has 0 atom stereocenters. The molecule has 0 aliphatic carbocycles. The quantitative estimate of drug-likeness (QED) is 0.405. The molecule has 0 spiro atoms. The molecule has 0 aliphatic rings. The highest BCUT2D eigenvalue weighted by atomic mass is 32.2. The van der Waals surface area contributed by atoms with E-state index in [1.807, 2.05) is 6.07 Å². The molecule has 0 saturated carbocycles. The van der Waals surface area contributed by atoms with Gasteiger partial charge in [0, 0.05) is 38.5 Å². The molecule has 3 rings (SSSR count). The van der Waals surface area contributed by atoms with Crippen LogP contribution in [0.2, 0.25) is 0 Å². The Hall–Kier alpha value is -3.11. The monoisotopic (exact) mass is 416 g/mol. The van der Waals surface area contributed by atoms with Crippen molar-refractivity contribution in [3.63, 3.8) is 0 Å². The summed E-state index contributed by atoms with van der Waals surface area (Å²) in [6.45, 7) is 0.168. The highest BCUT2D eigenvalue weighted by Crippen LogP contribution is 2.16. The third-order valence-corrected chi connectivity index (χ3v) is 5.85. The summed E-state index contributed by atoms with van der Waals surface area (Å²) in [5.41, 5.74) is 1.04. The van der Waals surface area contributed by atoms with E-state index in [9.17, 15) is 13.2 Å². The summed E-state index contributed by atoms with van der Waals surface area (Å²) in [7, 11) is -0.645. The van der Waals surface area contributed by atoms with Gasteiger partial charge in [-0.1, -0.05) is 5.16 Å². The fourth-order valence-electron chi connectivity index (χ4n) is 2.41. The maximum Gasteiger partial charge on any atom is 0.338 e. The van der Waals surface area contributed by atoms with Crippen LogP contribution < -0.4 is 0 Å². The molecule has 0 radical (unpaired) electrons. The lowest BCUT2D eigenvalue weighted by Crippen LogP contribution is -2.22. The number of benzene rings is 1. The van der Waals surface area contributed by atoms with Gasteiger partial charge < -0.3 is 9.26 Å². The largest absolute Gasteiger partial charge is 0.462 e. The van der Waals surface area contributed by atoms with Crippen LogP contribution in [0.1, 0.15) is 22.7 Å². The standard InChI is InChI=1S/C19H20N4O5S/c1-23(2)29(25,26)16-9-7-14(8-10-16)19(24)27-12-4-6-17-21-18(22-28-17)15-5-3-11-20-13-15/h3,5,7-11,13H,4,6,12H2,1-2H3. The predicted molar refractivity (Wildman–Crippen MR) is 103 cm³/mol. The van der Waals surface area contributed by atoms with E-state index >= 15 is 0 Å². The lowest BCUT2D eigenvalue weighted by Gasteiger charge is -2.11. The number of hydrogen-bond donors (Lipinski definition) is 0. The van der Waals surface area contributed by atoms with Gasteiger partial charge in [0.2, 0.25) is 21.7 Å². The smallest absolute Gasteiger partial charge is 0.338 e. The molecule has 0 aliphatic heterocycles. The minimum Gasteiger partial charge on any atom is -0.462 e. The Bertz CT molecular complexity index is 1060. The second kappa shape index (κ2) is 8.93. The molecule has 9 nitrogen and oxygen atoms in total. The maximum absolute atomic E-state index is 12.1. The topological polar surface area (TPSA) is 115 Å². The van der Waals surface area contributed by atoms with Crippen LogP contribution in [0, 0.1) is 0 Å². The van der Waals surface area contributed by atoms with Gasteiger partial charge in [-0.2, -0.15) is 4.98 Å². The Morgan fingerprint density at radius 2 is 1.93 bits per heavy atom. The number of pyridine rings is 1. The van der Waals surface area contributed by atoms with Crippen molar-refractivity contribution in [3.8, 4) is 11.4 Å². The molecule has 0 unspecified atom stereocenters. The van der Waals surface area contributed by atoms with Crippen LogP contribution >= 0.6 is 0 Å². The van der Waals surface area contributed by atoms with Gasteiger partial charge in [0.15, 0.2) is 0 Å². The van der Waals surface area contributed by atoms with E-state index in [4.69, 9.17) is 9.26 Å². The maximum atomic E-state index is 12.1. The fourth-order valence-corrected chi connectivity index (χ4v) is 3.32. The zero-order chi connectivity index (χ0) is 20.9. The van der Waals surface area contributed by atoms with Gasteiger partial charge in [-0.25, -0.2) is 17.5 Å². The summed E-state index contributed by atoms with van der Waals surface area (Å²) < 4.78 is 35.6. The molecule has 152 valence electrons. The second-order valence-electron chi connectivity index (χ2n) is 6.30. The summed E-state index contributed by atoms with van der Waals surface area (Å²) in [5.74, 6) is 0.372. The van der Waals surface area contributed by atoms with Crippen LogP contribution in [0.25, 0.3) is 11.4 Å². The molecular formula is C19H20N4O5S.